The number of ketones is 1. The number of hydrogen-bond donors (Lipinski definition) is 2. The van der Waals surface area contributed by atoms with Crippen LogP contribution in [0.25, 0.3) is 0 Å². The van der Waals surface area contributed by atoms with Crippen molar-refractivity contribution in [3.8, 4) is 0 Å². The van der Waals surface area contributed by atoms with Crippen molar-refractivity contribution < 1.29 is 9.59 Å². The number of amides is 1. The van der Waals surface area contributed by atoms with Crippen LogP contribution in [0.1, 0.15) is 10.5 Å². The van der Waals surface area contributed by atoms with Crippen molar-refractivity contribution in [2.75, 3.05) is 5.32 Å². The molecule has 0 aromatic carbocycles. The quantitative estimate of drug-likeness (QED) is 0.508. The van der Waals surface area contributed by atoms with E-state index in [4.69, 9.17) is 0 Å². The minimum absolute atomic E-state index is 0.0486. The Balaban J connectivity index is 2.71. The van der Waals surface area contributed by atoms with Crippen molar-refractivity contribution in [2.45, 2.75) is 0 Å². The summed E-state index contributed by atoms with van der Waals surface area (Å²) in [4.78, 5) is 34.7. The molecule has 1 aromatic rings. The highest BCUT2D eigenvalue weighted by molar-refractivity contribution is 6.51. The lowest BCUT2D eigenvalue weighted by Crippen LogP contribution is -2.14. The molecule has 5 heteroatoms. The largest absolute Gasteiger partial charge is 0.317 e. The van der Waals surface area contributed by atoms with Crippen LogP contribution in [0.3, 0.4) is 0 Å². The predicted molar refractivity (Wildman–Crippen MR) is 40.0 cm³/mol. The molecule has 1 aromatic heterocycles. The van der Waals surface area contributed by atoms with Gasteiger partial charge in [-0.15, -0.1) is 0 Å². The molecule has 60 valence electrons. The first-order valence-corrected chi connectivity index (χ1v) is 3.27. The zero-order valence-electron chi connectivity index (χ0n) is 5.88. The van der Waals surface area contributed by atoms with Gasteiger partial charge in [0.1, 0.15) is 5.69 Å². The lowest BCUT2D eigenvalue weighted by atomic mass is 10.3. The number of H-pyrrole nitrogens is 1. The summed E-state index contributed by atoms with van der Waals surface area (Å²) in [7, 11) is 0. The minimum atomic E-state index is -0.702. The third-order valence-corrected chi connectivity index (χ3v) is 1.60. The van der Waals surface area contributed by atoms with E-state index in [2.05, 4.69) is 10.3 Å². The average molecular weight is 164 g/mol. The highest BCUT2D eigenvalue weighted by atomic mass is 16.2. The van der Waals surface area contributed by atoms with E-state index in [1.807, 2.05) is 0 Å². The number of anilines is 1. The highest BCUT2D eigenvalue weighted by Crippen LogP contribution is 2.17. The van der Waals surface area contributed by atoms with E-state index < -0.39 is 17.2 Å². The zero-order chi connectivity index (χ0) is 8.72. The van der Waals surface area contributed by atoms with Crippen molar-refractivity contribution >= 4 is 17.4 Å². The average Bonchev–Trinajstić information content (AvgIpc) is 2.31. The van der Waals surface area contributed by atoms with Crippen molar-refractivity contribution in [3.05, 3.63) is 28.2 Å². The molecule has 1 aliphatic rings. The molecule has 0 unspecified atom stereocenters. The molecule has 0 saturated heterocycles. The van der Waals surface area contributed by atoms with E-state index in [9.17, 15) is 14.4 Å². The second-order valence-corrected chi connectivity index (χ2v) is 2.39. The Morgan fingerprint density at radius 3 is 2.58 bits per heavy atom. The molecule has 2 rings (SSSR count). The van der Waals surface area contributed by atoms with Crippen LogP contribution in [-0.2, 0) is 4.79 Å². The number of carbonyl (C=O) groups excluding carboxylic acids is 2. The Bertz CT molecular complexity index is 433. The second-order valence-electron chi connectivity index (χ2n) is 2.39. The maximum absolute atomic E-state index is 11.0. The molecule has 1 amide bonds. The molecule has 0 fully saturated rings. The molecule has 0 aliphatic carbocycles. The smallest absolute Gasteiger partial charge is 0.298 e. The number of aromatic amines is 1. The van der Waals surface area contributed by atoms with E-state index in [-0.39, 0.29) is 5.69 Å². The Hall–Kier alpha value is -1.91. The zero-order valence-corrected chi connectivity index (χ0v) is 5.88. The summed E-state index contributed by atoms with van der Waals surface area (Å²) in [5.41, 5.74) is 0.0238. The van der Waals surface area contributed by atoms with Crippen LogP contribution in [0.5, 0.6) is 0 Å². The van der Waals surface area contributed by atoms with E-state index in [1.165, 1.54) is 12.1 Å². The number of fused-ring (bicyclic) bond motifs is 1. The van der Waals surface area contributed by atoms with Crippen molar-refractivity contribution in [1.82, 2.24) is 4.98 Å². The van der Waals surface area contributed by atoms with Gasteiger partial charge in [0.2, 0.25) is 5.56 Å². The van der Waals surface area contributed by atoms with Gasteiger partial charge in [0, 0.05) is 6.07 Å². The Kier molecular flexibility index (Phi) is 1.15. The lowest BCUT2D eigenvalue weighted by molar-refractivity contribution is -0.112. The van der Waals surface area contributed by atoms with Crippen molar-refractivity contribution in [1.29, 1.82) is 0 Å². The molecule has 0 saturated carbocycles. The summed E-state index contributed by atoms with van der Waals surface area (Å²) in [6.07, 6.45) is 0. The summed E-state index contributed by atoms with van der Waals surface area (Å²) in [6, 6.07) is 2.65. The molecule has 1 aliphatic heterocycles. The fourth-order valence-corrected chi connectivity index (χ4v) is 1.05. The maximum atomic E-state index is 11.0. The summed E-state index contributed by atoms with van der Waals surface area (Å²) in [6.45, 7) is 0. The van der Waals surface area contributed by atoms with Gasteiger partial charge >= 0.3 is 0 Å². The predicted octanol–water partition coefficient (Wildman–Crippen LogP) is -0.490. The molecular formula is C7H4N2O3. The van der Waals surface area contributed by atoms with Gasteiger partial charge in [-0.2, -0.15) is 0 Å². The van der Waals surface area contributed by atoms with Crippen LogP contribution in [0.2, 0.25) is 0 Å². The minimum Gasteiger partial charge on any atom is -0.317 e. The third-order valence-electron chi connectivity index (χ3n) is 1.60. The molecule has 0 spiro atoms. The number of Topliss-reactive ketones (excluding diaryl/α,β-unsaturated/α-hetero) is 1. The third kappa shape index (κ3) is 0.763. The Labute approximate surface area is 66.4 Å². The van der Waals surface area contributed by atoms with Crippen LogP contribution in [-0.4, -0.2) is 16.7 Å². The first-order valence-electron chi connectivity index (χ1n) is 3.27. The van der Waals surface area contributed by atoms with Gasteiger partial charge < -0.3 is 10.3 Å². The van der Waals surface area contributed by atoms with Crippen LogP contribution in [0.4, 0.5) is 5.69 Å². The fraction of sp³-hybridized carbons (Fsp3) is 0. The standard InChI is InChI=1S/C7H4N2O3/c10-4-2-1-3-5(9-4)6(11)7(12)8-3/h1-2H,(H,9,10)(H,8,11,12). The topological polar surface area (TPSA) is 79.0 Å². The number of pyridine rings is 1. The van der Waals surface area contributed by atoms with Gasteiger partial charge in [0.15, 0.2) is 0 Å². The summed E-state index contributed by atoms with van der Waals surface area (Å²) in [5.74, 6) is -1.39. The fourth-order valence-electron chi connectivity index (χ4n) is 1.05. The second kappa shape index (κ2) is 2.04. The molecular weight excluding hydrogens is 160 g/mol. The van der Waals surface area contributed by atoms with Gasteiger partial charge in [0.25, 0.3) is 11.7 Å². The van der Waals surface area contributed by atoms with E-state index in [1.54, 1.807) is 0 Å². The van der Waals surface area contributed by atoms with Gasteiger partial charge in [-0.25, -0.2) is 0 Å². The SMILES string of the molecule is O=C1Nc2ccc(=O)[nH]c2C1=O. The van der Waals surface area contributed by atoms with E-state index >= 15 is 0 Å². The highest BCUT2D eigenvalue weighted by Gasteiger charge is 2.28. The van der Waals surface area contributed by atoms with Crippen LogP contribution >= 0.6 is 0 Å². The molecule has 0 atom stereocenters. The van der Waals surface area contributed by atoms with Crippen LogP contribution in [0, 0.1) is 0 Å². The molecule has 5 nitrogen and oxygen atoms in total. The van der Waals surface area contributed by atoms with Crippen LogP contribution in [0.15, 0.2) is 16.9 Å². The van der Waals surface area contributed by atoms with Crippen molar-refractivity contribution in [2.24, 2.45) is 0 Å². The molecule has 0 radical (unpaired) electrons. The Morgan fingerprint density at radius 2 is 1.83 bits per heavy atom. The van der Waals surface area contributed by atoms with Crippen LogP contribution < -0.4 is 10.9 Å². The summed E-state index contributed by atoms with van der Waals surface area (Å²) in [5, 5.41) is 2.32. The normalized spacial score (nSPS) is 14.3. The molecule has 0 bridgehead atoms. The van der Waals surface area contributed by atoms with Gasteiger partial charge in [-0.1, -0.05) is 0 Å². The maximum Gasteiger partial charge on any atom is 0.298 e. The Morgan fingerprint density at radius 1 is 1.08 bits per heavy atom. The number of aromatic nitrogens is 1. The number of hydrogen-bond acceptors (Lipinski definition) is 3. The van der Waals surface area contributed by atoms with Gasteiger partial charge in [0.05, 0.1) is 5.69 Å². The van der Waals surface area contributed by atoms with E-state index in [0.717, 1.165) is 0 Å². The number of rotatable bonds is 0. The van der Waals surface area contributed by atoms with Gasteiger partial charge in [-0.05, 0) is 6.07 Å². The lowest BCUT2D eigenvalue weighted by Gasteiger charge is -1.92. The first-order chi connectivity index (χ1) is 5.68. The van der Waals surface area contributed by atoms with Gasteiger partial charge in [-0.3, -0.25) is 14.4 Å². The van der Waals surface area contributed by atoms with Crippen molar-refractivity contribution in [3.63, 3.8) is 0 Å². The molecule has 2 heterocycles. The summed E-state index contributed by atoms with van der Waals surface area (Å²) < 4.78 is 0. The monoisotopic (exact) mass is 164 g/mol. The number of nitrogens with one attached hydrogen (secondary N) is 2. The molecule has 2 N–H and O–H groups in total. The number of carbonyl (C=O) groups is 2. The first kappa shape index (κ1) is 6.78. The summed E-state index contributed by atoms with van der Waals surface area (Å²) >= 11 is 0. The van der Waals surface area contributed by atoms with E-state index in [0.29, 0.717) is 5.69 Å². The molecule has 12 heavy (non-hydrogen) atoms.